The van der Waals surface area contributed by atoms with Crippen LogP contribution in [0.3, 0.4) is 0 Å². The molecule has 1 heterocycles. The lowest BCUT2D eigenvalue weighted by molar-refractivity contribution is 1.32. The quantitative estimate of drug-likeness (QED) is 0.786. The highest BCUT2D eigenvalue weighted by Gasteiger charge is 2.06. The van der Waals surface area contributed by atoms with Crippen LogP contribution in [0, 0.1) is 0 Å². The molecule has 14 heavy (non-hydrogen) atoms. The van der Waals surface area contributed by atoms with Crippen molar-refractivity contribution in [3.05, 3.63) is 32.2 Å². The van der Waals surface area contributed by atoms with Crippen molar-refractivity contribution >= 4 is 50.7 Å². The van der Waals surface area contributed by atoms with Gasteiger partial charge in [-0.3, -0.25) is 0 Å². The largest absolute Gasteiger partial charge is 0.203 e. The van der Waals surface area contributed by atoms with Gasteiger partial charge in [0.15, 0.2) is 5.82 Å². The van der Waals surface area contributed by atoms with Crippen molar-refractivity contribution in [1.82, 2.24) is 9.36 Å². The van der Waals surface area contributed by atoms with Crippen molar-refractivity contribution in [1.29, 1.82) is 0 Å². The molecular formula is C8H3BrCl2N2S. The molecule has 6 heteroatoms. The summed E-state index contributed by atoms with van der Waals surface area (Å²) >= 11 is 16.0. The zero-order chi connectivity index (χ0) is 10.1. The van der Waals surface area contributed by atoms with Gasteiger partial charge in [-0.15, -0.1) is 0 Å². The number of rotatable bonds is 1. The summed E-state index contributed by atoms with van der Waals surface area (Å²) < 4.78 is 5.35. The summed E-state index contributed by atoms with van der Waals surface area (Å²) in [5.74, 6) is 0.623. The molecule has 0 radical (unpaired) electrons. The SMILES string of the molecule is Clc1nc(-c2ccc(Cl)c(Br)c2)ns1. The lowest BCUT2D eigenvalue weighted by atomic mass is 10.2. The van der Waals surface area contributed by atoms with Crippen LogP contribution in [0.1, 0.15) is 0 Å². The Labute approximate surface area is 103 Å². The lowest BCUT2D eigenvalue weighted by Crippen LogP contribution is -1.80. The summed E-state index contributed by atoms with van der Waals surface area (Å²) in [6.45, 7) is 0. The van der Waals surface area contributed by atoms with Crippen LogP contribution in [0.15, 0.2) is 22.7 Å². The second-order valence-corrected chi connectivity index (χ2v) is 5.10. The maximum Gasteiger partial charge on any atom is 0.203 e. The Bertz CT molecular complexity index is 472. The molecule has 2 nitrogen and oxygen atoms in total. The normalized spacial score (nSPS) is 10.5. The van der Waals surface area contributed by atoms with Crippen molar-refractivity contribution in [3.8, 4) is 11.4 Å². The maximum absolute atomic E-state index is 5.86. The van der Waals surface area contributed by atoms with E-state index in [1.807, 2.05) is 12.1 Å². The van der Waals surface area contributed by atoms with Gasteiger partial charge in [0.25, 0.3) is 0 Å². The average Bonchev–Trinajstić information content (AvgIpc) is 2.57. The van der Waals surface area contributed by atoms with E-state index in [1.165, 1.54) is 11.5 Å². The van der Waals surface area contributed by atoms with E-state index in [0.717, 1.165) is 10.0 Å². The smallest absolute Gasteiger partial charge is 0.203 e. The van der Waals surface area contributed by atoms with Crippen LogP contribution in [-0.2, 0) is 0 Å². The van der Waals surface area contributed by atoms with Crippen molar-refractivity contribution in [2.24, 2.45) is 0 Å². The number of hydrogen-bond acceptors (Lipinski definition) is 3. The Kier molecular flexibility index (Phi) is 3.07. The van der Waals surface area contributed by atoms with Gasteiger partial charge in [0, 0.05) is 10.0 Å². The first kappa shape index (κ1) is 10.4. The summed E-state index contributed by atoms with van der Waals surface area (Å²) in [7, 11) is 0. The molecule has 0 spiro atoms. The van der Waals surface area contributed by atoms with Crippen molar-refractivity contribution in [3.63, 3.8) is 0 Å². The van der Waals surface area contributed by atoms with Crippen molar-refractivity contribution in [2.45, 2.75) is 0 Å². The summed E-state index contributed by atoms with van der Waals surface area (Å²) in [6.07, 6.45) is 0. The molecule has 0 N–H and O–H groups in total. The molecule has 0 unspecified atom stereocenters. The number of benzene rings is 1. The molecule has 0 fully saturated rings. The Morgan fingerprint density at radius 1 is 1.29 bits per heavy atom. The number of aromatic nitrogens is 2. The first-order chi connectivity index (χ1) is 6.66. The zero-order valence-electron chi connectivity index (χ0n) is 6.67. The van der Waals surface area contributed by atoms with Gasteiger partial charge in [0.2, 0.25) is 4.47 Å². The Hall–Kier alpha value is -0.160. The molecule has 72 valence electrons. The van der Waals surface area contributed by atoms with Crippen LogP contribution in [-0.4, -0.2) is 9.36 Å². The maximum atomic E-state index is 5.86. The van der Waals surface area contributed by atoms with E-state index in [4.69, 9.17) is 23.2 Å². The molecule has 1 aromatic carbocycles. The molecule has 0 amide bonds. The third-order valence-corrected chi connectivity index (χ3v) is 3.59. The fourth-order valence-corrected chi connectivity index (χ4v) is 2.07. The van der Waals surface area contributed by atoms with Gasteiger partial charge in [0.05, 0.1) is 5.02 Å². The predicted octanol–water partition coefficient (Wildman–Crippen LogP) is 4.27. The van der Waals surface area contributed by atoms with E-state index in [1.54, 1.807) is 6.07 Å². The third-order valence-electron chi connectivity index (χ3n) is 1.58. The molecule has 0 atom stereocenters. The monoisotopic (exact) mass is 308 g/mol. The third kappa shape index (κ3) is 2.08. The van der Waals surface area contributed by atoms with Gasteiger partial charge in [-0.05, 0) is 57.3 Å². The number of hydrogen-bond donors (Lipinski definition) is 0. The Balaban J connectivity index is 2.47. The highest BCUT2D eigenvalue weighted by atomic mass is 79.9. The highest BCUT2D eigenvalue weighted by Crippen LogP contribution is 2.28. The van der Waals surface area contributed by atoms with Crippen LogP contribution in [0.5, 0.6) is 0 Å². The Morgan fingerprint density at radius 2 is 2.07 bits per heavy atom. The van der Waals surface area contributed by atoms with Gasteiger partial charge >= 0.3 is 0 Å². The van der Waals surface area contributed by atoms with Gasteiger partial charge in [-0.2, -0.15) is 4.37 Å². The molecule has 2 rings (SSSR count). The summed E-state index contributed by atoms with van der Waals surface area (Å²) in [4.78, 5) is 4.06. The topological polar surface area (TPSA) is 25.8 Å². The van der Waals surface area contributed by atoms with Gasteiger partial charge in [0.1, 0.15) is 0 Å². The van der Waals surface area contributed by atoms with Crippen molar-refractivity contribution < 1.29 is 0 Å². The predicted molar refractivity (Wildman–Crippen MR) is 63.1 cm³/mol. The zero-order valence-corrected chi connectivity index (χ0v) is 10.6. The molecule has 0 aliphatic rings. The second-order valence-electron chi connectivity index (χ2n) is 2.50. The Morgan fingerprint density at radius 3 is 2.64 bits per heavy atom. The van der Waals surface area contributed by atoms with Crippen LogP contribution in [0.2, 0.25) is 9.49 Å². The first-order valence-electron chi connectivity index (χ1n) is 3.61. The molecule has 0 aliphatic heterocycles. The molecule has 0 bridgehead atoms. The summed E-state index contributed by atoms with van der Waals surface area (Å²) in [5.41, 5.74) is 0.893. The van der Waals surface area contributed by atoms with E-state index in [9.17, 15) is 0 Å². The van der Waals surface area contributed by atoms with Gasteiger partial charge < -0.3 is 0 Å². The molecule has 0 saturated heterocycles. The van der Waals surface area contributed by atoms with E-state index in [0.29, 0.717) is 15.3 Å². The average molecular weight is 310 g/mol. The molecule has 0 aliphatic carbocycles. The minimum Gasteiger partial charge on any atom is -0.203 e. The number of halogens is 3. The van der Waals surface area contributed by atoms with Gasteiger partial charge in [-0.25, -0.2) is 4.98 Å². The fourth-order valence-electron chi connectivity index (χ4n) is 0.957. The lowest BCUT2D eigenvalue weighted by Gasteiger charge is -1.98. The molecular weight excluding hydrogens is 307 g/mol. The molecule has 0 saturated carbocycles. The van der Waals surface area contributed by atoms with E-state index >= 15 is 0 Å². The minimum atomic E-state index is 0.436. The van der Waals surface area contributed by atoms with E-state index in [2.05, 4.69) is 25.3 Å². The number of nitrogens with zero attached hydrogens (tertiary/aromatic N) is 2. The standard InChI is InChI=1S/C8H3BrCl2N2S/c9-5-3-4(1-2-6(5)10)7-12-8(11)14-13-7/h1-3H. The molecule has 2 aromatic rings. The highest BCUT2D eigenvalue weighted by molar-refractivity contribution is 9.10. The summed E-state index contributed by atoms with van der Waals surface area (Å²) in [5, 5.41) is 0.662. The molecule has 1 aromatic heterocycles. The first-order valence-corrected chi connectivity index (χ1v) is 5.93. The fraction of sp³-hybridized carbons (Fsp3) is 0. The van der Waals surface area contributed by atoms with Crippen LogP contribution < -0.4 is 0 Å². The van der Waals surface area contributed by atoms with Crippen LogP contribution in [0.25, 0.3) is 11.4 Å². The van der Waals surface area contributed by atoms with E-state index < -0.39 is 0 Å². The minimum absolute atomic E-state index is 0.436. The van der Waals surface area contributed by atoms with Crippen molar-refractivity contribution in [2.75, 3.05) is 0 Å². The van der Waals surface area contributed by atoms with Crippen LogP contribution >= 0.6 is 50.7 Å². The van der Waals surface area contributed by atoms with Gasteiger partial charge in [-0.1, -0.05) is 11.6 Å². The van der Waals surface area contributed by atoms with E-state index in [-0.39, 0.29) is 0 Å². The summed E-state index contributed by atoms with van der Waals surface area (Å²) in [6, 6.07) is 5.50. The second kappa shape index (κ2) is 4.14. The van der Waals surface area contributed by atoms with Crippen LogP contribution in [0.4, 0.5) is 0 Å².